The van der Waals surface area contributed by atoms with Crippen LogP contribution in [0.25, 0.3) is 10.9 Å². The molecule has 138 valence electrons. The van der Waals surface area contributed by atoms with Crippen molar-refractivity contribution in [2.75, 3.05) is 0 Å². The highest BCUT2D eigenvalue weighted by molar-refractivity contribution is 5.84. The largest absolute Gasteiger partial charge is 0.508 e. The minimum absolute atomic E-state index is 0.0478. The third-order valence-electron chi connectivity index (χ3n) is 4.05. The van der Waals surface area contributed by atoms with E-state index in [1.165, 1.54) is 18.5 Å². The normalized spacial score (nSPS) is 11.9. The summed E-state index contributed by atoms with van der Waals surface area (Å²) in [4.78, 5) is 40.3. The van der Waals surface area contributed by atoms with E-state index in [0.29, 0.717) is 16.5 Å². The van der Waals surface area contributed by atoms with Gasteiger partial charge < -0.3 is 15.5 Å². The Morgan fingerprint density at radius 3 is 2.52 bits per heavy atom. The average molecular weight is 367 g/mol. The molecular formula is C19H17N3O5. The minimum atomic E-state index is -1.19. The third kappa shape index (κ3) is 4.30. The molecule has 0 aliphatic rings. The zero-order chi connectivity index (χ0) is 19.4. The smallest absolute Gasteiger partial charge is 0.326 e. The number of rotatable bonds is 6. The van der Waals surface area contributed by atoms with Gasteiger partial charge in [0, 0.05) is 6.42 Å². The number of phenolic OH excluding ortho intramolecular Hbond substituents is 1. The Morgan fingerprint density at radius 1 is 1.11 bits per heavy atom. The van der Waals surface area contributed by atoms with E-state index in [-0.39, 0.29) is 24.3 Å². The van der Waals surface area contributed by atoms with E-state index in [1.54, 1.807) is 36.4 Å². The molecule has 3 aromatic rings. The number of carbonyl (C=O) groups excluding carboxylic acids is 1. The van der Waals surface area contributed by atoms with Crippen LogP contribution in [0.4, 0.5) is 0 Å². The summed E-state index contributed by atoms with van der Waals surface area (Å²) in [5.41, 5.74) is 0.793. The molecule has 1 unspecified atom stereocenters. The lowest BCUT2D eigenvalue weighted by Gasteiger charge is -2.15. The van der Waals surface area contributed by atoms with Gasteiger partial charge >= 0.3 is 5.97 Å². The van der Waals surface area contributed by atoms with Crippen LogP contribution in [0.3, 0.4) is 0 Å². The minimum Gasteiger partial charge on any atom is -0.508 e. The van der Waals surface area contributed by atoms with Crippen LogP contribution in [-0.4, -0.2) is 37.7 Å². The number of para-hydroxylation sites is 1. The lowest BCUT2D eigenvalue weighted by Crippen LogP contribution is -2.44. The molecule has 0 aliphatic carbocycles. The molecule has 8 nitrogen and oxygen atoms in total. The Labute approximate surface area is 153 Å². The predicted octanol–water partition coefficient (Wildman–Crippen LogP) is 0.914. The lowest BCUT2D eigenvalue weighted by molar-refractivity contribution is -0.141. The Hall–Kier alpha value is -3.68. The maximum Gasteiger partial charge on any atom is 0.326 e. The number of nitrogens with one attached hydrogen (secondary N) is 1. The molecule has 8 heteroatoms. The molecule has 3 rings (SSSR count). The van der Waals surface area contributed by atoms with E-state index in [0.717, 1.165) is 4.57 Å². The molecular weight excluding hydrogens is 350 g/mol. The number of carboxylic acid groups (broad SMARTS) is 1. The summed E-state index contributed by atoms with van der Waals surface area (Å²) in [5.74, 6) is -1.74. The first kappa shape index (κ1) is 18.1. The molecule has 1 aromatic heterocycles. The summed E-state index contributed by atoms with van der Waals surface area (Å²) < 4.78 is 1.14. The second-order valence-electron chi connectivity index (χ2n) is 6.02. The van der Waals surface area contributed by atoms with Gasteiger partial charge in [-0.2, -0.15) is 0 Å². The monoisotopic (exact) mass is 367 g/mol. The molecule has 2 aromatic carbocycles. The Bertz CT molecular complexity index is 1040. The highest BCUT2D eigenvalue weighted by atomic mass is 16.4. The molecule has 0 fully saturated rings. The van der Waals surface area contributed by atoms with Crippen molar-refractivity contribution in [1.82, 2.24) is 14.9 Å². The van der Waals surface area contributed by atoms with Crippen molar-refractivity contribution in [2.24, 2.45) is 0 Å². The summed E-state index contributed by atoms with van der Waals surface area (Å²) in [6, 6.07) is 11.6. The SMILES string of the molecule is O=C(Cn1cnc2ccccc2c1=O)NC(Cc1ccc(O)cc1)C(=O)O. The molecule has 1 heterocycles. The van der Waals surface area contributed by atoms with Crippen LogP contribution in [0.15, 0.2) is 59.7 Å². The highest BCUT2D eigenvalue weighted by Crippen LogP contribution is 2.11. The fraction of sp³-hybridized carbons (Fsp3) is 0.158. The first-order chi connectivity index (χ1) is 12.9. The van der Waals surface area contributed by atoms with Crippen LogP contribution < -0.4 is 10.9 Å². The summed E-state index contributed by atoms with van der Waals surface area (Å²) in [6.45, 7) is -0.337. The Morgan fingerprint density at radius 2 is 1.81 bits per heavy atom. The van der Waals surface area contributed by atoms with E-state index in [1.807, 2.05) is 0 Å². The fourth-order valence-corrected chi connectivity index (χ4v) is 2.68. The predicted molar refractivity (Wildman–Crippen MR) is 97.4 cm³/mol. The molecule has 1 amide bonds. The van der Waals surface area contributed by atoms with Crippen LogP contribution in [0.1, 0.15) is 5.56 Å². The van der Waals surface area contributed by atoms with Crippen molar-refractivity contribution in [3.05, 3.63) is 70.8 Å². The first-order valence-electron chi connectivity index (χ1n) is 8.18. The van der Waals surface area contributed by atoms with Gasteiger partial charge in [-0.3, -0.25) is 14.2 Å². The first-order valence-corrected chi connectivity index (χ1v) is 8.18. The number of phenols is 1. The molecule has 3 N–H and O–H groups in total. The summed E-state index contributed by atoms with van der Waals surface area (Å²) >= 11 is 0. The van der Waals surface area contributed by atoms with E-state index >= 15 is 0 Å². The van der Waals surface area contributed by atoms with Crippen molar-refractivity contribution in [3.8, 4) is 5.75 Å². The lowest BCUT2D eigenvalue weighted by atomic mass is 10.1. The number of nitrogens with zero attached hydrogens (tertiary/aromatic N) is 2. The highest BCUT2D eigenvalue weighted by Gasteiger charge is 2.21. The number of fused-ring (bicyclic) bond motifs is 1. The number of carbonyl (C=O) groups is 2. The van der Waals surface area contributed by atoms with Crippen molar-refractivity contribution < 1.29 is 19.8 Å². The van der Waals surface area contributed by atoms with Crippen LogP contribution in [0.5, 0.6) is 5.75 Å². The van der Waals surface area contributed by atoms with Crippen LogP contribution in [0.2, 0.25) is 0 Å². The van der Waals surface area contributed by atoms with Crippen molar-refractivity contribution in [3.63, 3.8) is 0 Å². The topological polar surface area (TPSA) is 122 Å². The number of hydrogen-bond acceptors (Lipinski definition) is 5. The summed E-state index contributed by atoms with van der Waals surface area (Å²) in [7, 11) is 0. The maximum absolute atomic E-state index is 12.4. The average Bonchev–Trinajstić information content (AvgIpc) is 2.65. The molecule has 0 spiro atoms. The molecule has 0 aliphatic heterocycles. The Balaban J connectivity index is 1.73. The zero-order valence-electron chi connectivity index (χ0n) is 14.2. The zero-order valence-corrected chi connectivity index (χ0v) is 14.2. The van der Waals surface area contributed by atoms with E-state index in [4.69, 9.17) is 0 Å². The van der Waals surface area contributed by atoms with Crippen LogP contribution >= 0.6 is 0 Å². The number of hydrogen-bond donors (Lipinski definition) is 3. The van der Waals surface area contributed by atoms with Gasteiger partial charge in [0.1, 0.15) is 18.3 Å². The number of aromatic nitrogens is 2. The number of aromatic hydroxyl groups is 1. The van der Waals surface area contributed by atoms with E-state index in [2.05, 4.69) is 10.3 Å². The van der Waals surface area contributed by atoms with Crippen LogP contribution in [0, 0.1) is 0 Å². The summed E-state index contributed by atoms with van der Waals surface area (Å²) in [6.07, 6.45) is 1.31. The fourth-order valence-electron chi connectivity index (χ4n) is 2.68. The van der Waals surface area contributed by atoms with E-state index < -0.39 is 17.9 Å². The van der Waals surface area contributed by atoms with Gasteiger partial charge in [-0.15, -0.1) is 0 Å². The number of benzene rings is 2. The van der Waals surface area contributed by atoms with E-state index in [9.17, 15) is 24.6 Å². The standard InChI is InChI=1S/C19H17N3O5/c23-13-7-5-12(6-8-13)9-16(19(26)27)21-17(24)10-22-11-20-15-4-2-1-3-14(15)18(22)25/h1-8,11,16,23H,9-10H2,(H,21,24)(H,26,27). The number of amides is 1. The van der Waals surface area contributed by atoms with Crippen molar-refractivity contribution in [2.45, 2.75) is 19.0 Å². The molecule has 0 saturated carbocycles. The van der Waals surface area contributed by atoms with Crippen molar-refractivity contribution >= 4 is 22.8 Å². The molecule has 0 bridgehead atoms. The molecule has 1 atom stereocenters. The third-order valence-corrected chi connectivity index (χ3v) is 4.05. The maximum atomic E-state index is 12.4. The van der Waals surface area contributed by atoms with Crippen molar-refractivity contribution in [1.29, 1.82) is 0 Å². The Kier molecular flexibility index (Phi) is 5.16. The summed E-state index contributed by atoms with van der Waals surface area (Å²) in [5, 5.41) is 21.4. The quantitative estimate of drug-likeness (QED) is 0.595. The number of aliphatic carboxylic acids is 1. The van der Waals surface area contributed by atoms with Gasteiger partial charge in [0.2, 0.25) is 5.91 Å². The molecule has 0 saturated heterocycles. The van der Waals surface area contributed by atoms with Gasteiger partial charge in [-0.05, 0) is 29.8 Å². The van der Waals surface area contributed by atoms with Crippen LogP contribution in [-0.2, 0) is 22.6 Å². The van der Waals surface area contributed by atoms with Gasteiger partial charge in [-0.1, -0.05) is 24.3 Å². The molecule has 27 heavy (non-hydrogen) atoms. The molecule has 0 radical (unpaired) electrons. The second kappa shape index (κ2) is 7.69. The second-order valence-corrected chi connectivity index (χ2v) is 6.02. The van der Waals surface area contributed by atoms with Gasteiger partial charge in [0.05, 0.1) is 17.2 Å². The van der Waals surface area contributed by atoms with Gasteiger partial charge in [0.15, 0.2) is 0 Å². The van der Waals surface area contributed by atoms with Gasteiger partial charge in [-0.25, -0.2) is 9.78 Å². The van der Waals surface area contributed by atoms with Gasteiger partial charge in [0.25, 0.3) is 5.56 Å². The number of carboxylic acids is 1.